The van der Waals surface area contributed by atoms with Gasteiger partial charge in [-0.3, -0.25) is 15.5 Å². The van der Waals surface area contributed by atoms with Crippen LogP contribution in [0.5, 0.6) is 0 Å². The van der Waals surface area contributed by atoms with E-state index in [1.165, 1.54) is 7.05 Å². The van der Waals surface area contributed by atoms with Crippen molar-refractivity contribution in [3.63, 3.8) is 0 Å². The summed E-state index contributed by atoms with van der Waals surface area (Å²) in [5, 5.41) is 12.3. The van der Waals surface area contributed by atoms with Gasteiger partial charge in [0, 0.05) is 18.2 Å². The van der Waals surface area contributed by atoms with Crippen LogP contribution in [0.15, 0.2) is 60.7 Å². The van der Waals surface area contributed by atoms with Gasteiger partial charge >= 0.3 is 6.03 Å². The molecular weight excluding hydrogens is 330 g/mol. The second-order valence-electron chi connectivity index (χ2n) is 5.63. The van der Waals surface area contributed by atoms with Gasteiger partial charge in [0.25, 0.3) is 0 Å². The van der Waals surface area contributed by atoms with Crippen LogP contribution in [0.2, 0.25) is 0 Å². The van der Waals surface area contributed by atoms with E-state index in [0.29, 0.717) is 5.06 Å². The summed E-state index contributed by atoms with van der Waals surface area (Å²) in [6.07, 6.45) is 1.87. The van der Waals surface area contributed by atoms with E-state index in [0.717, 1.165) is 22.4 Å². The molecule has 1 unspecified atom stereocenters. The zero-order valence-corrected chi connectivity index (χ0v) is 14.3. The number of nitrogens with one attached hydrogen (secondary N) is 2. The minimum atomic E-state index is -0.600. The predicted molar refractivity (Wildman–Crippen MR) is 97.6 cm³/mol. The molecule has 1 aliphatic heterocycles. The van der Waals surface area contributed by atoms with Crippen molar-refractivity contribution in [1.82, 2.24) is 15.9 Å². The van der Waals surface area contributed by atoms with Gasteiger partial charge in [-0.2, -0.15) is 5.06 Å². The van der Waals surface area contributed by atoms with E-state index in [2.05, 4.69) is 22.6 Å². The standard InChI is InChI=1S/C20H19N3O3/c1-21-20(24)23(25)12-6-8-15-7-5-11-17(13-15)18-14-19(26-22-18)16-9-3-2-4-10-16/h2-5,7,9-11,13-14,19,22,25H,12H2,1H3,(H,21,24). The number of urea groups is 1. The number of rotatable bonds is 3. The van der Waals surface area contributed by atoms with Gasteiger partial charge in [0.1, 0.15) is 12.6 Å². The van der Waals surface area contributed by atoms with Gasteiger partial charge in [0.05, 0.1) is 5.70 Å². The Morgan fingerprint density at radius 2 is 2.08 bits per heavy atom. The number of carbonyl (C=O) groups is 1. The van der Waals surface area contributed by atoms with Crippen LogP contribution in [0.3, 0.4) is 0 Å². The molecule has 0 radical (unpaired) electrons. The molecule has 1 atom stereocenters. The van der Waals surface area contributed by atoms with Gasteiger partial charge in [-0.05, 0) is 23.8 Å². The fourth-order valence-electron chi connectivity index (χ4n) is 2.49. The lowest BCUT2D eigenvalue weighted by atomic mass is 10.1. The van der Waals surface area contributed by atoms with Crippen molar-refractivity contribution < 1.29 is 14.8 Å². The smallest absolute Gasteiger partial charge is 0.339 e. The Morgan fingerprint density at radius 3 is 2.85 bits per heavy atom. The van der Waals surface area contributed by atoms with Crippen molar-refractivity contribution in [1.29, 1.82) is 0 Å². The quantitative estimate of drug-likeness (QED) is 0.452. The van der Waals surface area contributed by atoms with Crippen LogP contribution in [-0.2, 0) is 4.84 Å². The minimum absolute atomic E-state index is 0.0793. The third kappa shape index (κ3) is 4.22. The highest BCUT2D eigenvalue weighted by Gasteiger charge is 2.19. The van der Waals surface area contributed by atoms with E-state index >= 15 is 0 Å². The first-order valence-electron chi connectivity index (χ1n) is 8.13. The van der Waals surface area contributed by atoms with Crippen LogP contribution in [0.1, 0.15) is 22.8 Å². The van der Waals surface area contributed by atoms with Gasteiger partial charge in [-0.1, -0.05) is 54.3 Å². The van der Waals surface area contributed by atoms with Gasteiger partial charge < -0.3 is 5.32 Å². The van der Waals surface area contributed by atoms with Crippen molar-refractivity contribution >= 4 is 11.7 Å². The van der Waals surface area contributed by atoms with Gasteiger partial charge in [-0.25, -0.2) is 4.79 Å². The molecule has 26 heavy (non-hydrogen) atoms. The van der Waals surface area contributed by atoms with Crippen LogP contribution in [0.4, 0.5) is 4.79 Å². The summed E-state index contributed by atoms with van der Waals surface area (Å²) in [5.74, 6) is 5.70. The summed E-state index contributed by atoms with van der Waals surface area (Å²) in [6, 6.07) is 17.0. The molecule has 3 rings (SSSR count). The van der Waals surface area contributed by atoms with Gasteiger partial charge in [0.2, 0.25) is 0 Å². The average molecular weight is 349 g/mol. The lowest BCUT2D eigenvalue weighted by molar-refractivity contribution is -0.0301. The minimum Gasteiger partial charge on any atom is -0.339 e. The predicted octanol–water partition coefficient (Wildman–Crippen LogP) is 2.69. The number of benzene rings is 2. The molecule has 0 saturated carbocycles. The number of nitrogens with zero attached hydrogens (tertiary/aromatic N) is 1. The summed E-state index contributed by atoms with van der Waals surface area (Å²) >= 11 is 0. The number of hydrogen-bond donors (Lipinski definition) is 3. The Balaban J connectivity index is 1.71. The number of hydrogen-bond acceptors (Lipinski definition) is 4. The highest BCUT2D eigenvalue weighted by atomic mass is 16.7. The monoisotopic (exact) mass is 349 g/mol. The Kier molecular flexibility index (Phi) is 5.54. The number of carbonyl (C=O) groups excluding carboxylic acids is 1. The maximum atomic E-state index is 11.2. The van der Waals surface area contributed by atoms with Crippen LogP contribution in [0, 0.1) is 11.8 Å². The molecule has 2 aromatic carbocycles. The molecule has 0 fully saturated rings. The van der Waals surface area contributed by atoms with E-state index in [-0.39, 0.29) is 12.6 Å². The van der Waals surface area contributed by atoms with E-state index in [9.17, 15) is 10.0 Å². The molecule has 0 aromatic heterocycles. The SMILES string of the molecule is CNC(=O)N(O)CC#Cc1cccc(C2=CC(c3ccccc3)ON2)c1. The molecule has 0 spiro atoms. The summed E-state index contributed by atoms with van der Waals surface area (Å²) in [7, 11) is 1.44. The van der Waals surface area contributed by atoms with Crippen molar-refractivity contribution in [3.8, 4) is 11.8 Å². The summed E-state index contributed by atoms with van der Waals surface area (Å²) in [5.41, 5.74) is 6.62. The van der Waals surface area contributed by atoms with Crippen LogP contribution in [-0.4, -0.2) is 29.9 Å². The third-order valence-electron chi connectivity index (χ3n) is 3.83. The fourth-order valence-corrected chi connectivity index (χ4v) is 2.49. The molecule has 6 nitrogen and oxygen atoms in total. The molecule has 132 valence electrons. The van der Waals surface area contributed by atoms with E-state index in [4.69, 9.17) is 4.84 Å². The Labute approximate surface area is 152 Å². The van der Waals surface area contributed by atoms with Gasteiger partial charge in [-0.15, -0.1) is 0 Å². The van der Waals surface area contributed by atoms with E-state index < -0.39 is 6.03 Å². The molecule has 3 N–H and O–H groups in total. The first-order chi connectivity index (χ1) is 12.7. The van der Waals surface area contributed by atoms with Crippen LogP contribution < -0.4 is 10.8 Å². The third-order valence-corrected chi connectivity index (χ3v) is 3.83. The zero-order chi connectivity index (χ0) is 18.4. The van der Waals surface area contributed by atoms with Crippen molar-refractivity contribution in [3.05, 3.63) is 77.4 Å². The zero-order valence-electron chi connectivity index (χ0n) is 14.3. The topological polar surface area (TPSA) is 73.8 Å². The van der Waals surface area contributed by atoms with E-state index in [1.54, 1.807) is 0 Å². The molecular formula is C20H19N3O3. The number of amides is 2. The maximum absolute atomic E-state index is 11.2. The summed E-state index contributed by atoms with van der Waals surface area (Å²) < 4.78 is 0. The van der Waals surface area contributed by atoms with Crippen LogP contribution >= 0.6 is 0 Å². The van der Waals surface area contributed by atoms with Crippen molar-refractivity contribution in [2.24, 2.45) is 0 Å². The molecule has 0 aliphatic carbocycles. The Bertz CT molecular complexity index is 869. The summed E-state index contributed by atoms with van der Waals surface area (Å²) in [4.78, 5) is 16.8. The van der Waals surface area contributed by atoms with Crippen molar-refractivity contribution in [2.45, 2.75) is 6.10 Å². The Morgan fingerprint density at radius 1 is 1.27 bits per heavy atom. The fraction of sp³-hybridized carbons (Fsp3) is 0.150. The number of hydroxylamine groups is 3. The molecule has 1 heterocycles. The lowest BCUT2D eigenvalue weighted by Crippen LogP contribution is -2.35. The molecule has 0 saturated heterocycles. The molecule has 2 amide bonds. The Hall–Kier alpha value is -3.27. The lowest BCUT2D eigenvalue weighted by Gasteiger charge is -2.09. The summed E-state index contributed by atoms with van der Waals surface area (Å²) in [6.45, 7) is -0.0793. The maximum Gasteiger partial charge on any atom is 0.341 e. The van der Waals surface area contributed by atoms with E-state index in [1.807, 2.05) is 60.7 Å². The first kappa shape index (κ1) is 17.5. The molecule has 1 aliphatic rings. The largest absolute Gasteiger partial charge is 0.341 e. The second kappa shape index (κ2) is 8.21. The first-order valence-corrected chi connectivity index (χ1v) is 8.13. The molecule has 2 aromatic rings. The highest BCUT2D eigenvalue weighted by Crippen LogP contribution is 2.28. The van der Waals surface area contributed by atoms with Crippen LogP contribution in [0.25, 0.3) is 5.70 Å². The molecule has 0 bridgehead atoms. The molecule has 6 heteroatoms. The average Bonchev–Trinajstić information content (AvgIpc) is 3.18. The highest BCUT2D eigenvalue weighted by molar-refractivity contribution is 5.72. The normalized spacial score (nSPS) is 15.3. The second-order valence-corrected chi connectivity index (χ2v) is 5.63. The van der Waals surface area contributed by atoms with Gasteiger partial charge in [0.15, 0.2) is 0 Å². The van der Waals surface area contributed by atoms with Crippen molar-refractivity contribution in [2.75, 3.05) is 13.6 Å².